The molecule has 120 valence electrons. The van der Waals surface area contributed by atoms with E-state index in [1.54, 1.807) is 18.8 Å². The summed E-state index contributed by atoms with van der Waals surface area (Å²) in [5.41, 5.74) is 2.79. The molecule has 7 nitrogen and oxygen atoms in total. The van der Waals surface area contributed by atoms with Crippen LogP contribution in [-0.2, 0) is 11.8 Å². The van der Waals surface area contributed by atoms with E-state index in [2.05, 4.69) is 27.0 Å². The number of Topliss-reactive ketones (excluding diaryl/α,β-unsaturated/α-hetero) is 1. The minimum absolute atomic E-state index is 0.0805. The molecular weight excluding hydrogens is 302 g/mol. The summed E-state index contributed by atoms with van der Waals surface area (Å²) >= 11 is 1.34. The molecular formula is C14H21N5O2S. The standard InChI is InChI=1S/C14H21N5O2S/c1-9-6-12(11(3)19(9)10(2)7-21-5)13(20)8-22-14-15-16-17-18(14)4/h6,10H,7-8H2,1-5H3/t10-/m1/s1. The van der Waals surface area contributed by atoms with Crippen LogP contribution in [0.25, 0.3) is 0 Å². The van der Waals surface area contributed by atoms with Crippen molar-refractivity contribution < 1.29 is 9.53 Å². The summed E-state index contributed by atoms with van der Waals surface area (Å²) in [5.74, 6) is 0.397. The zero-order valence-corrected chi connectivity index (χ0v) is 14.3. The van der Waals surface area contributed by atoms with Crippen molar-refractivity contribution >= 4 is 17.5 Å². The van der Waals surface area contributed by atoms with Crippen molar-refractivity contribution in [1.82, 2.24) is 24.8 Å². The molecule has 0 spiro atoms. The maximum absolute atomic E-state index is 12.5. The van der Waals surface area contributed by atoms with E-state index >= 15 is 0 Å². The van der Waals surface area contributed by atoms with E-state index in [0.717, 1.165) is 17.0 Å². The quantitative estimate of drug-likeness (QED) is 0.571. The summed E-state index contributed by atoms with van der Waals surface area (Å²) in [6.45, 7) is 6.68. The number of carbonyl (C=O) groups is 1. The third-order valence-electron chi connectivity index (χ3n) is 3.55. The number of aryl methyl sites for hydroxylation is 2. The number of ether oxygens (including phenoxy) is 1. The predicted octanol–water partition coefficient (Wildman–Crippen LogP) is 1.81. The van der Waals surface area contributed by atoms with Gasteiger partial charge in [-0.1, -0.05) is 11.8 Å². The van der Waals surface area contributed by atoms with Gasteiger partial charge in [0, 0.05) is 31.1 Å². The Hall–Kier alpha value is -1.67. The zero-order valence-electron chi connectivity index (χ0n) is 13.5. The highest BCUT2D eigenvalue weighted by Gasteiger charge is 2.19. The number of tetrazole rings is 1. The van der Waals surface area contributed by atoms with E-state index < -0.39 is 0 Å². The second-order valence-electron chi connectivity index (χ2n) is 5.26. The Morgan fingerprint density at radius 3 is 2.77 bits per heavy atom. The lowest BCUT2D eigenvalue weighted by molar-refractivity contribution is 0.102. The monoisotopic (exact) mass is 323 g/mol. The second kappa shape index (κ2) is 7.06. The van der Waals surface area contributed by atoms with Crippen molar-refractivity contribution in [2.45, 2.75) is 32.0 Å². The number of hydrogen-bond donors (Lipinski definition) is 0. The average Bonchev–Trinajstić information content (AvgIpc) is 3.00. The number of methoxy groups -OCH3 is 1. The van der Waals surface area contributed by atoms with E-state index in [0.29, 0.717) is 17.5 Å². The lowest BCUT2D eigenvalue weighted by atomic mass is 10.2. The van der Waals surface area contributed by atoms with E-state index in [1.807, 2.05) is 19.9 Å². The van der Waals surface area contributed by atoms with Crippen LogP contribution in [0, 0.1) is 13.8 Å². The van der Waals surface area contributed by atoms with Gasteiger partial charge in [0.2, 0.25) is 5.16 Å². The Morgan fingerprint density at radius 1 is 1.45 bits per heavy atom. The highest BCUT2D eigenvalue weighted by molar-refractivity contribution is 7.99. The number of ketones is 1. The summed E-state index contributed by atoms with van der Waals surface area (Å²) in [6.07, 6.45) is 0. The van der Waals surface area contributed by atoms with Gasteiger partial charge < -0.3 is 9.30 Å². The molecule has 2 aromatic rings. The average molecular weight is 323 g/mol. The number of carbonyl (C=O) groups excluding carboxylic acids is 1. The summed E-state index contributed by atoms with van der Waals surface area (Å²) in [5, 5.41) is 11.8. The fourth-order valence-electron chi connectivity index (χ4n) is 2.60. The molecule has 0 radical (unpaired) electrons. The van der Waals surface area contributed by atoms with Crippen LogP contribution >= 0.6 is 11.8 Å². The Balaban J connectivity index is 2.13. The lowest BCUT2D eigenvalue weighted by Crippen LogP contribution is -2.14. The van der Waals surface area contributed by atoms with E-state index in [1.165, 1.54) is 11.8 Å². The van der Waals surface area contributed by atoms with E-state index in [9.17, 15) is 4.79 Å². The molecule has 0 fully saturated rings. The molecule has 8 heteroatoms. The molecule has 0 amide bonds. The number of thioether (sulfide) groups is 1. The van der Waals surface area contributed by atoms with Gasteiger partial charge in [0.05, 0.1) is 18.4 Å². The van der Waals surface area contributed by atoms with Gasteiger partial charge in [-0.25, -0.2) is 4.68 Å². The molecule has 1 atom stereocenters. The molecule has 0 aliphatic heterocycles. The topological polar surface area (TPSA) is 74.8 Å². The third kappa shape index (κ3) is 3.38. The van der Waals surface area contributed by atoms with Gasteiger partial charge >= 0.3 is 0 Å². The molecule has 0 unspecified atom stereocenters. The summed E-state index contributed by atoms with van der Waals surface area (Å²) in [6, 6.07) is 2.14. The Kier molecular flexibility index (Phi) is 5.36. The van der Waals surface area contributed by atoms with Crippen LogP contribution < -0.4 is 0 Å². The van der Waals surface area contributed by atoms with Crippen LogP contribution in [0.15, 0.2) is 11.2 Å². The Bertz CT molecular complexity index is 664. The van der Waals surface area contributed by atoms with Crippen molar-refractivity contribution in [3.8, 4) is 0 Å². The molecule has 0 aliphatic rings. The van der Waals surface area contributed by atoms with E-state index in [4.69, 9.17) is 4.74 Å². The molecule has 2 rings (SSSR count). The highest BCUT2D eigenvalue weighted by Crippen LogP contribution is 2.23. The maximum atomic E-state index is 12.5. The third-order valence-corrected chi connectivity index (χ3v) is 4.56. The van der Waals surface area contributed by atoms with Gasteiger partial charge in [0.25, 0.3) is 0 Å². The zero-order chi connectivity index (χ0) is 16.3. The second-order valence-corrected chi connectivity index (χ2v) is 6.20. The van der Waals surface area contributed by atoms with Gasteiger partial charge in [-0.05, 0) is 37.3 Å². The molecule has 22 heavy (non-hydrogen) atoms. The molecule has 0 aromatic carbocycles. The van der Waals surface area contributed by atoms with Gasteiger partial charge in [-0.3, -0.25) is 4.79 Å². The minimum atomic E-state index is 0.0805. The fraction of sp³-hybridized carbons (Fsp3) is 0.571. The Labute approximate surface area is 134 Å². The first-order valence-electron chi connectivity index (χ1n) is 7.01. The summed E-state index contributed by atoms with van der Waals surface area (Å²) < 4.78 is 8.91. The number of aromatic nitrogens is 5. The van der Waals surface area contributed by atoms with Crippen LogP contribution in [-0.4, -0.2) is 50.0 Å². The van der Waals surface area contributed by atoms with Gasteiger partial charge in [-0.15, -0.1) is 5.10 Å². The van der Waals surface area contributed by atoms with Gasteiger partial charge in [0.1, 0.15) is 0 Å². The van der Waals surface area contributed by atoms with Crippen molar-refractivity contribution in [3.63, 3.8) is 0 Å². The predicted molar refractivity (Wildman–Crippen MR) is 84.3 cm³/mol. The summed E-state index contributed by atoms with van der Waals surface area (Å²) in [7, 11) is 3.44. The van der Waals surface area contributed by atoms with Crippen molar-refractivity contribution in [2.75, 3.05) is 19.5 Å². The van der Waals surface area contributed by atoms with Crippen molar-refractivity contribution in [2.24, 2.45) is 7.05 Å². The first-order chi connectivity index (χ1) is 10.5. The lowest BCUT2D eigenvalue weighted by Gasteiger charge is -2.17. The van der Waals surface area contributed by atoms with Crippen LogP contribution in [0.3, 0.4) is 0 Å². The van der Waals surface area contributed by atoms with Crippen LogP contribution in [0.2, 0.25) is 0 Å². The number of nitrogens with zero attached hydrogens (tertiary/aromatic N) is 5. The Morgan fingerprint density at radius 2 is 2.18 bits per heavy atom. The first kappa shape index (κ1) is 16.7. The van der Waals surface area contributed by atoms with Crippen molar-refractivity contribution in [1.29, 1.82) is 0 Å². The SMILES string of the molecule is COC[C@@H](C)n1c(C)cc(C(=O)CSc2nnnn2C)c1C. The molecule has 0 saturated heterocycles. The largest absolute Gasteiger partial charge is 0.383 e. The van der Waals surface area contributed by atoms with Gasteiger partial charge in [0.15, 0.2) is 5.78 Å². The number of rotatable bonds is 7. The normalized spacial score (nSPS) is 12.6. The van der Waals surface area contributed by atoms with Crippen molar-refractivity contribution in [3.05, 3.63) is 23.0 Å². The smallest absolute Gasteiger partial charge is 0.209 e. The highest BCUT2D eigenvalue weighted by atomic mass is 32.2. The molecule has 0 aliphatic carbocycles. The first-order valence-corrected chi connectivity index (χ1v) is 8.00. The minimum Gasteiger partial charge on any atom is -0.383 e. The van der Waals surface area contributed by atoms with Crippen LogP contribution in [0.1, 0.15) is 34.7 Å². The van der Waals surface area contributed by atoms with Crippen LogP contribution in [0.5, 0.6) is 0 Å². The van der Waals surface area contributed by atoms with Gasteiger partial charge in [-0.2, -0.15) is 0 Å². The molecule has 0 saturated carbocycles. The molecule has 2 aromatic heterocycles. The maximum Gasteiger partial charge on any atom is 0.209 e. The van der Waals surface area contributed by atoms with E-state index in [-0.39, 0.29) is 11.8 Å². The summed E-state index contributed by atoms with van der Waals surface area (Å²) in [4.78, 5) is 12.5. The molecule has 0 N–H and O–H groups in total. The fourth-order valence-corrected chi connectivity index (χ4v) is 3.34. The number of hydrogen-bond acceptors (Lipinski definition) is 6. The van der Waals surface area contributed by atoms with Crippen LogP contribution in [0.4, 0.5) is 0 Å². The molecule has 2 heterocycles. The molecule has 0 bridgehead atoms.